The van der Waals surface area contributed by atoms with Gasteiger partial charge in [-0.3, -0.25) is 4.79 Å². The Morgan fingerprint density at radius 3 is 2.67 bits per heavy atom. The van der Waals surface area contributed by atoms with E-state index >= 15 is 0 Å². The summed E-state index contributed by atoms with van der Waals surface area (Å²) in [6.45, 7) is 0. The second kappa shape index (κ2) is 4.87. The number of nitrogens with two attached hydrogens (primary N) is 2. The van der Waals surface area contributed by atoms with Gasteiger partial charge >= 0.3 is 0 Å². The Labute approximate surface area is 117 Å². The highest BCUT2D eigenvalue weighted by molar-refractivity contribution is 9.10. The zero-order valence-electron chi connectivity index (χ0n) is 9.13. The maximum atomic E-state index is 11.0. The summed E-state index contributed by atoms with van der Waals surface area (Å²) >= 11 is 8.39. The van der Waals surface area contributed by atoms with Crippen molar-refractivity contribution in [3.63, 3.8) is 0 Å². The molecule has 0 fully saturated rings. The lowest BCUT2D eigenvalue weighted by atomic mass is 10.2. The van der Waals surface area contributed by atoms with Crippen molar-refractivity contribution in [1.29, 1.82) is 0 Å². The van der Waals surface area contributed by atoms with Crippen molar-refractivity contribution in [1.82, 2.24) is 9.78 Å². The van der Waals surface area contributed by atoms with Crippen molar-refractivity contribution < 1.29 is 4.79 Å². The van der Waals surface area contributed by atoms with Gasteiger partial charge in [-0.2, -0.15) is 5.10 Å². The van der Waals surface area contributed by atoms with Crippen LogP contribution in [0.5, 0.6) is 0 Å². The van der Waals surface area contributed by atoms with Gasteiger partial charge in [-0.1, -0.05) is 18.3 Å². The van der Waals surface area contributed by atoms with Crippen LogP contribution >= 0.6 is 28.1 Å². The van der Waals surface area contributed by atoms with E-state index in [9.17, 15) is 4.79 Å². The maximum absolute atomic E-state index is 11.0. The van der Waals surface area contributed by atoms with Crippen LogP contribution in [0.25, 0.3) is 5.69 Å². The normalized spacial score (nSPS) is 10.3. The van der Waals surface area contributed by atoms with E-state index in [2.05, 4.69) is 21.0 Å². The van der Waals surface area contributed by atoms with Crippen molar-refractivity contribution in [3.8, 4) is 5.69 Å². The van der Waals surface area contributed by atoms with Crippen molar-refractivity contribution in [3.05, 3.63) is 46.2 Å². The number of carbonyl (C=O) groups is 1. The highest BCUT2D eigenvalue weighted by atomic mass is 79.9. The molecule has 1 heterocycles. The minimum Gasteiger partial charge on any atom is -0.389 e. The number of amides is 1. The topological polar surface area (TPSA) is 86.9 Å². The first-order valence-electron chi connectivity index (χ1n) is 4.94. The molecule has 7 heteroatoms. The number of nitrogens with zero attached hydrogens (tertiary/aromatic N) is 2. The molecule has 0 atom stereocenters. The molecule has 1 aromatic heterocycles. The summed E-state index contributed by atoms with van der Waals surface area (Å²) in [4.78, 5) is 11.3. The predicted molar refractivity (Wildman–Crippen MR) is 75.7 cm³/mol. The number of hydrogen-bond donors (Lipinski definition) is 2. The van der Waals surface area contributed by atoms with Gasteiger partial charge in [0, 0.05) is 16.2 Å². The van der Waals surface area contributed by atoms with Crippen LogP contribution in [-0.2, 0) is 0 Å². The Bertz CT molecular complexity index is 638. The highest BCUT2D eigenvalue weighted by Gasteiger charge is 2.13. The summed E-state index contributed by atoms with van der Waals surface area (Å²) in [6, 6.07) is 5.46. The summed E-state index contributed by atoms with van der Waals surface area (Å²) in [5, 5.41) is 4.07. The van der Waals surface area contributed by atoms with E-state index < -0.39 is 5.91 Å². The molecule has 0 unspecified atom stereocenters. The number of halogens is 1. The lowest BCUT2D eigenvalue weighted by molar-refractivity contribution is 0.100. The van der Waals surface area contributed by atoms with E-state index in [1.807, 2.05) is 12.1 Å². The third kappa shape index (κ3) is 2.27. The largest absolute Gasteiger partial charge is 0.389 e. The first-order chi connectivity index (χ1) is 8.50. The minimum atomic E-state index is -0.534. The molecule has 0 spiro atoms. The van der Waals surface area contributed by atoms with Crippen LogP contribution in [0, 0.1) is 0 Å². The summed E-state index contributed by atoms with van der Waals surface area (Å²) in [7, 11) is 0. The molecular weight excluding hydrogens is 316 g/mol. The Morgan fingerprint density at radius 2 is 2.11 bits per heavy atom. The molecule has 18 heavy (non-hydrogen) atoms. The quantitative estimate of drug-likeness (QED) is 0.835. The van der Waals surface area contributed by atoms with Gasteiger partial charge in [0.05, 0.1) is 17.4 Å². The maximum Gasteiger partial charge on any atom is 0.251 e. The van der Waals surface area contributed by atoms with Crippen LogP contribution in [0.4, 0.5) is 0 Å². The van der Waals surface area contributed by atoms with Crippen molar-refractivity contribution >= 4 is 39.0 Å². The van der Waals surface area contributed by atoms with Crippen molar-refractivity contribution in [2.24, 2.45) is 11.5 Å². The molecule has 0 saturated heterocycles. The molecule has 0 aliphatic carbocycles. The predicted octanol–water partition coefficient (Wildman–Crippen LogP) is 1.37. The molecule has 0 bridgehead atoms. The number of hydrogen-bond acceptors (Lipinski definition) is 3. The number of carbonyl (C=O) groups excluding carboxylic acids is 1. The third-order valence-electron chi connectivity index (χ3n) is 2.35. The SMILES string of the molecule is NC(=O)c1cnn(-c2cccc(Br)c2C(N)=S)c1. The first-order valence-corrected chi connectivity index (χ1v) is 6.14. The summed E-state index contributed by atoms with van der Waals surface area (Å²) < 4.78 is 2.28. The number of thiocarbonyl (C=S) groups is 1. The van der Waals surface area contributed by atoms with Gasteiger partial charge < -0.3 is 11.5 Å². The number of benzene rings is 1. The van der Waals surface area contributed by atoms with Crippen molar-refractivity contribution in [2.45, 2.75) is 0 Å². The molecular formula is C11H9BrN4OS. The van der Waals surface area contributed by atoms with Crippen LogP contribution in [0.2, 0.25) is 0 Å². The molecule has 2 rings (SSSR count). The fraction of sp³-hybridized carbons (Fsp3) is 0. The molecule has 92 valence electrons. The molecule has 1 aromatic carbocycles. The van der Waals surface area contributed by atoms with Gasteiger partial charge in [0.25, 0.3) is 5.91 Å². The van der Waals surface area contributed by atoms with Crippen LogP contribution in [0.15, 0.2) is 35.1 Å². The molecule has 2 aromatic rings. The van der Waals surface area contributed by atoms with Gasteiger partial charge in [0.2, 0.25) is 0 Å². The fourth-order valence-corrected chi connectivity index (χ4v) is 2.44. The lowest BCUT2D eigenvalue weighted by Gasteiger charge is -2.09. The monoisotopic (exact) mass is 324 g/mol. The molecule has 1 amide bonds. The second-order valence-corrected chi connectivity index (χ2v) is 4.83. The summed E-state index contributed by atoms with van der Waals surface area (Å²) in [5.74, 6) is -0.534. The average molecular weight is 325 g/mol. The number of rotatable bonds is 3. The Balaban J connectivity index is 2.59. The van der Waals surface area contributed by atoms with E-state index in [1.54, 1.807) is 6.07 Å². The fourth-order valence-electron chi connectivity index (χ4n) is 1.53. The third-order valence-corrected chi connectivity index (χ3v) is 3.22. The zero-order valence-corrected chi connectivity index (χ0v) is 11.5. The Kier molecular flexibility index (Phi) is 3.44. The molecule has 0 radical (unpaired) electrons. The summed E-state index contributed by atoms with van der Waals surface area (Å²) in [6.07, 6.45) is 2.93. The molecule has 5 nitrogen and oxygen atoms in total. The van der Waals surface area contributed by atoms with Crippen molar-refractivity contribution in [2.75, 3.05) is 0 Å². The summed E-state index contributed by atoms with van der Waals surface area (Å²) in [5.41, 5.74) is 12.5. The van der Waals surface area contributed by atoms with Crippen LogP contribution < -0.4 is 11.5 Å². The van der Waals surface area contributed by atoms with Crippen LogP contribution in [-0.4, -0.2) is 20.7 Å². The van der Waals surface area contributed by atoms with E-state index in [0.29, 0.717) is 16.8 Å². The number of aromatic nitrogens is 2. The standard InChI is InChI=1S/C11H9BrN4OS/c12-7-2-1-3-8(9(7)11(14)18)16-5-6(4-15-16)10(13)17/h1-5H,(H2,13,17)(H2,14,18). The smallest absolute Gasteiger partial charge is 0.251 e. The molecule has 0 aliphatic heterocycles. The van der Waals surface area contributed by atoms with Gasteiger partial charge in [-0.25, -0.2) is 4.68 Å². The Morgan fingerprint density at radius 1 is 1.39 bits per heavy atom. The Hall–Kier alpha value is -1.73. The number of primary amides is 1. The zero-order chi connectivity index (χ0) is 13.3. The second-order valence-electron chi connectivity index (χ2n) is 3.54. The lowest BCUT2D eigenvalue weighted by Crippen LogP contribution is -2.14. The first kappa shape index (κ1) is 12.7. The van der Waals surface area contributed by atoms with Gasteiger partial charge in [-0.05, 0) is 28.1 Å². The van der Waals surface area contributed by atoms with E-state index in [4.69, 9.17) is 23.7 Å². The molecule has 0 saturated carbocycles. The van der Waals surface area contributed by atoms with Crippen LogP contribution in [0.1, 0.15) is 15.9 Å². The molecule has 4 N–H and O–H groups in total. The molecule has 0 aliphatic rings. The van der Waals surface area contributed by atoms with E-state index in [-0.39, 0.29) is 4.99 Å². The average Bonchev–Trinajstić information content (AvgIpc) is 2.77. The van der Waals surface area contributed by atoms with Gasteiger partial charge in [-0.15, -0.1) is 0 Å². The van der Waals surface area contributed by atoms with Gasteiger partial charge in [0.1, 0.15) is 4.99 Å². The minimum absolute atomic E-state index is 0.244. The van der Waals surface area contributed by atoms with E-state index in [0.717, 1.165) is 4.47 Å². The van der Waals surface area contributed by atoms with Crippen LogP contribution in [0.3, 0.4) is 0 Å². The van der Waals surface area contributed by atoms with Gasteiger partial charge in [0.15, 0.2) is 0 Å². The highest BCUT2D eigenvalue weighted by Crippen LogP contribution is 2.23. The van der Waals surface area contributed by atoms with E-state index in [1.165, 1.54) is 17.1 Å².